The zero-order valence-corrected chi connectivity index (χ0v) is 10.3. The number of rotatable bonds is 7. The summed E-state index contributed by atoms with van der Waals surface area (Å²) in [6.45, 7) is 5.24. The van der Waals surface area contributed by atoms with Crippen molar-refractivity contribution in [2.24, 2.45) is 0 Å². The monoisotopic (exact) mass is 223 g/mol. The molecule has 0 aliphatic carbocycles. The van der Waals surface area contributed by atoms with Gasteiger partial charge in [-0.2, -0.15) is 0 Å². The van der Waals surface area contributed by atoms with Gasteiger partial charge in [0.2, 0.25) is 0 Å². The second kappa shape index (κ2) is 7.39. The lowest BCUT2D eigenvalue weighted by molar-refractivity contribution is 0.460. The minimum Gasteiger partial charge on any atom is -0.310 e. The van der Waals surface area contributed by atoms with Gasteiger partial charge in [-0.3, -0.25) is 0 Å². The van der Waals surface area contributed by atoms with Crippen LogP contribution in [-0.2, 0) is 0 Å². The number of unbranched alkanes of at least 4 members (excludes halogenated alkanes) is 1. The molecule has 1 aromatic rings. The zero-order chi connectivity index (χ0) is 11.8. The summed E-state index contributed by atoms with van der Waals surface area (Å²) in [7, 11) is 0. The molecule has 1 aromatic carbocycles. The zero-order valence-electron chi connectivity index (χ0n) is 10.3. The lowest BCUT2D eigenvalue weighted by Crippen LogP contribution is -2.23. The maximum Gasteiger partial charge on any atom is 0.127 e. The molecular formula is C14H22FN. The van der Waals surface area contributed by atoms with Gasteiger partial charge >= 0.3 is 0 Å². The van der Waals surface area contributed by atoms with Crippen LogP contribution in [0.5, 0.6) is 0 Å². The molecule has 0 saturated heterocycles. The van der Waals surface area contributed by atoms with Gasteiger partial charge in [0.15, 0.2) is 0 Å². The quantitative estimate of drug-likeness (QED) is 0.735. The average molecular weight is 223 g/mol. The lowest BCUT2D eigenvalue weighted by atomic mass is 10.0. The molecule has 1 nitrogen and oxygen atoms in total. The fourth-order valence-electron chi connectivity index (χ4n) is 1.85. The van der Waals surface area contributed by atoms with E-state index >= 15 is 0 Å². The Morgan fingerprint density at radius 2 is 1.94 bits per heavy atom. The third kappa shape index (κ3) is 3.93. The Morgan fingerprint density at radius 3 is 2.56 bits per heavy atom. The van der Waals surface area contributed by atoms with Crippen molar-refractivity contribution in [2.75, 3.05) is 6.54 Å². The maximum absolute atomic E-state index is 13.7. The minimum atomic E-state index is -0.0905. The van der Waals surface area contributed by atoms with Crippen LogP contribution in [-0.4, -0.2) is 6.54 Å². The topological polar surface area (TPSA) is 12.0 Å². The second-order valence-corrected chi connectivity index (χ2v) is 4.17. The van der Waals surface area contributed by atoms with E-state index < -0.39 is 0 Å². The van der Waals surface area contributed by atoms with Gasteiger partial charge in [0.25, 0.3) is 0 Å². The van der Waals surface area contributed by atoms with E-state index in [4.69, 9.17) is 0 Å². The summed E-state index contributed by atoms with van der Waals surface area (Å²) in [5, 5.41) is 3.42. The number of nitrogens with one attached hydrogen (secondary N) is 1. The van der Waals surface area contributed by atoms with Crippen LogP contribution < -0.4 is 5.32 Å². The second-order valence-electron chi connectivity index (χ2n) is 4.17. The van der Waals surface area contributed by atoms with E-state index in [1.165, 1.54) is 0 Å². The normalized spacial score (nSPS) is 12.7. The fraction of sp³-hybridized carbons (Fsp3) is 0.571. The summed E-state index contributed by atoms with van der Waals surface area (Å²) in [4.78, 5) is 0. The molecule has 1 N–H and O–H groups in total. The van der Waals surface area contributed by atoms with Crippen LogP contribution >= 0.6 is 0 Å². The van der Waals surface area contributed by atoms with E-state index in [9.17, 15) is 4.39 Å². The molecule has 1 atom stereocenters. The minimum absolute atomic E-state index is 0.0905. The highest BCUT2D eigenvalue weighted by Crippen LogP contribution is 2.21. The van der Waals surface area contributed by atoms with Crippen molar-refractivity contribution >= 4 is 0 Å². The van der Waals surface area contributed by atoms with Gasteiger partial charge in [0, 0.05) is 11.6 Å². The van der Waals surface area contributed by atoms with Crippen LogP contribution in [0.1, 0.15) is 51.1 Å². The van der Waals surface area contributed by atoms with Crippen molar-refractivity contribution in [3.63, 3.8) is 0 Å². The highest BCUT2D eigenvalue weighted by molar-refractivity contribution is 5.21. The van der Waals surface area contributed by atoms with Crippen LogP contribution in [0.3, 0.4) is 0 Å². The van der Waals surface area contributed by atoms with E-state index in [0.717, 1.165) is 37.8 Å². The van der Waals surface area contributed by atoms with Crippen LogP contribution in [0.4, 0.5) is 4.39 Å². The Morgan fingerprint density at radius 1 is 1.19 bits per heavy atom. The molecule has 0 amide bonds. The molecule has 0 heterocycles. The lowest BCUT2D eigenvalue weighted by Gasteiger charge is -2.19. The molecule has 0 radical (unpaired) electrons. The van der Waals surface area contributed by atoms with Gasteiger partial charge in [-0.1, -0.05) is 44.9 Å². The summed E-state index contributed by atoms with van der Waals surface area (Å²) in [6.07, 6.45) is 4.38. The first kappa shape index (κ1) is 13.2. The average Bonchev–Trinajstić information content (AvgIpc) is 2.31. The molecule has 0 aliphatic rings. The summed E-state index contributed by atoms with van der Waals surface area (Å²) in [5.41, 5.74) is 0.810. The largest absolute Gasteiger partial charge is 0.310 e. The van der Waals surface area contributed by atoms with E-state index in [1.54, 1.807) is 12.1 Å². The van der Waals surface area contributed by atoms with Gasteiger partial charge in [-0.05, 0) is 25.5 Å². The molecule has 0 spiro atoms. The standard InChI is InChI=1S/C14H22FN/c1-3-5-10-14(16-11-4-2)12-8-6-7-9-13(12)15/h6-9,14,16H,3-5,10-11H2,1-2H3. The smallest absolute Gasteiger partial charge is 0.127 e. The number of halogens is 1. The first-order valence-corrected chi connectivity index (χ1v) is 6.27. The van der Waals surface area contributed by atoms with Crippen LogP contribution in [0.25, 0.3) is 0 Å². The van der Waals surface area contributed by atoms with Gasteiger partial charge < -0.3 is 5.32 Å². The molecule has 2 heteroatoms. The highest BCUT2D eigenvalue weighted by atomic mass is 19.1. The molecule has 1 rings (SSSR count). The SMILES string of the molecule is CCCCC(NCCC)c1ccccc1F. The summed E-state index contributed by atoms with van der Waals surface area (Å²) in [6, 6.07) is 7.25. The van der Waals surface area contributed by atoms with E-state index in [2.05, 4.69) is 19.2 Å². The van der Waals surface area contributed by atoms with E-state index in [0.29, 0.717) is 0 Å². The Hall–Kier alpha value is -0.890. The van der Waals surface area contributed by atoms with Gasteiger partial charge in [-0.15, -0.1) is 0 Å². The predicted octanol–water partition coefficient (Wildman–Crippen LogP) is 4.06. The van der Waals surface area contributed by atoms with Crippen molar-refractivity contribution < 1.29 is 4.39 Å². The van der Waals surface area contributed by atoms with Gasteiger partial charge in [0.1, 0.15) is 5.82 Å². The summed E-state index contributed by atoms with van der Waals surface area (Å²) in [5.74, 6) is -0.0905. The number of hydrogen-bond acceptors (Lipinski definition) is 1. The van der Waals surface area contributed by atoms with Gasteiger partial charge in [0.05, 0.1) is 0 Å². The van der Waals surface area contributed by atoms with Crippen molar-refractivity contribution in [1.82, 2.24) is 5.32 Å². The first-order valence-electron chi connectivity index (χ1n) is 6.27. The number of benzene rings is 1. The molecular weight excluding hydrogens is 201 g/mol. The molecule has 0 aromatic heterocycles. The number of hydrogen-bond donors (Lipinski definition) is 1. The Labute approximate surface area is 98.1 Å². The van der Waals surface area contributed by atoms with Crippen LogP contribution in [0.15, 0.2) is 24.3 Å². The fourth-order valence-corrected chi connectivity index (χ4v) is 1.85. The van der Waals surface area contributed by atoms with E-state index in [-0.39, 0.29) is 11.9 Å². The molecule has 0 aliphatic heterocycles. The highest BCUT2D eigenvalue weighted by Gasteiger charge is 2.13. The molecule has 0 bridgehead atoms. The Kier molecular flexibility index (Phi) is 6.09. The van der Waals surface area contributed by atoms with Gasteiger partial charge in [-0.25, -0.2) is 4.39 Å². The van der Waals surface area contributed by atoms with Crippen molar-refractivity contribution in [2.45, 2.75) is 45.6 Å². The third-order valence-corrected chi connectivity index (χ3v) is 2.77. The first-order chi connectivity index (χ1) is 7.79. The maximum atomic E-state index is 13.7. The molecule has 90 valence electrons. The van der Waals surface area contributed by atoms with Crippen molar-refractivity contribution in [3.8, 4) is 0 Å². The predicted molar refractivity (Wildman–Crippen MR) is 67.0 cm³/mol. The van der Waals surface area contributed by atoms with Crippen molar-refractivity contribution in [1.29, 1.82) is 0 Å². The third-order valence-electron chi connectivity index (χ3n) is 2.77. The van der Waals surface area contributed by atoms with Crippen LogP contribution in [0, 0.1) is 5.82 Å². The Balaban J connectivity index is 2.70. The van der Waals surface area contributed by atoms with Crippen molar-refractivity contribution in [3.05, 3.63) is 35.6 Å². The molecule has 1 unspecified atom stereocenters. The molecule has 0 saturated carbocycles. The Bertz CT molecular complexity index is 291. The molecule has 0 fully saturated rings. The summed E-state index contributed by atoms with van der Waals surface area (Å²) < 4.78 is 13.7. The van der Waals surface area contributed by atoms with Crippen LogP contribution in [0.2, 0.25) is 0 Å². The summed E-state index contributed by atoms with van der Waals surface area (Å²) >= 11 is 0. The van der Waals surface area contributed by atoms with E-state index in [1.807, 2.05) is 12.1 Å². The molecule has 16 heavy (non-hydrogen) atoms.